The highest BCUT2D eigenvalue weighted by Gasteiger charge is 2.35. The molecule has 1 saturated carbocycles. The molecule has 4 rings (SSSR count). The molecule has 0 spiro atoms. The molecule has 9 heteroatoms. The molecule has 2 saturated heterocycles. The summed E-state index contributed by atoms with van der Waals surface area (Å²) < 4.78 is 27.8. The van der Waals surface area contributed by atoms with Crippen molar-refractivity contribution in [1.82, 2.24) is 19.5 Å². The lowest BCUT2D eigenvalue weighted by Crippen LogP contribution is -2.47. The number of aromatic amines is 1. The standard InChI is InChI=1S/C22H34N4O4S/c27-21(24-18-9-3-1-4-10-18)17-8-7-13-26(16-17)31(29,30)19-14-20(23-15-19)22(28)25-11-5-2-6-12-25/h14-15,17-18,23H,1-13,16H2,(H,24,27)/t17-/m0/s1. The van der Waals surface area contributed by atoms with Crippen LogP contribution in [0, 0.1) is 5.92 Å². The molecule has 3 heterocycles. The third-order valence-corrected chi connectivity index (χ3v) is 8.72. The summed E-state index contributed by atoms with van der Waals surface area (Å²) in [6.45, 7) is 2.02. The molecule has 2 N–H and O–H groups in total. The van der Waals surface area contributed by atoms with Crippen LogP contribution in [0.4, 0.5) is 0 Å². The molecule has 0 bridgehead atoms. The van der Waals surface area contributed by atoms with Crippen molar-refractivity contribution in [3.05, 3.63) is 18.0 Å². The van der Waals surface area contributed by atoms with E-state index in [0.717, 1.165) is 44.9 Å². The van der Waals surface area contributed by atoms with Gasteiger partial charge in [-0.15, -0.1) is 0 Å². The summed E-state index contributed by atoms with van der Waals surface area (Å²) in [5, 5.41) is 3.14. The molecule has 2 amide bonds. The normalized spacial score (nSPS) is 24.1. The summed E-state index contributed by atoms with van der Waals surface area (Å²) in [5.41, 5.74) is 0.309. The summed E-state index contributed by atoms with van der Waals surface area (Å²) in [7, 11) is -3.75. The molecule has 3 aliphatic rings. The van der Waals surface area contributed by atoms with Crippen molar-refractivity contribution in [2.75, 3.05) is 26.2 Å². The summed E-state index contributed by atoms with van der Waals surface area (Å²) in [6.07, 6.45) is 11.4. The van der Waals surface area contributed by atoms with Crippen LogP contribution >= 0.6 is 0 Å². The van der Waals surface area contributed by atoms with Gasteiger partial charge in [0.25, 0.3) is 5.91 Å². The Morgan fingerprint density at radius 1 is 0.935 bits per heavy atom. The first kappa shape index (κ1) is 22.3. The number of nitrogens with zero attached hydrogens (tertiary/aromatic N) is 2. The number of amides is 2. The predicted molar refractivity (Wildman–Crippen MR) is 117 cm³/mol. The molecule has 1 atom stereocenters. The SMILES string of the molecule is O=C(NC1CCCCC1)[C@H]1CCCN(S(=O)(=O)c2c[nH]c(C(=O)N3CCCCC3)c2)C1. The van der Waals surface area contributed by atoms with Crippen LogP contribution in [0.1, 0.15) is 74.7 Å². The van der Waals surface area contributed by atoms with Gasteiger partial charge in [0.05, 0.1) is 5.92 Å². The van der Waals surface area contributed by atoms with Crippen LogP contribution in [0.15, 0.2) is 17.2 Å². The molecule has 3 fully saturated rings. The molecule has 0 unspecified atom stereocenters. The van der Waals surface area contributed by atoms with Crippen LogP contribution < -0.4 is 5.32 Å². The Morgan fingerprint density at radius 3 is 2.39 bits per heavy atom. The van der Waals surface area contributed by atoms with E-state index in [1.807, 2.05) is 0 Å². The van der Waals surface area contributed by atoms with E-state index in [-0.39, 0.29) is 35.2 Å². The predicted octanol–water partition coefficient (Wildman–Crippen LogP) is 2.49. The van der Waals surface area contributed by atoms with Crippen LogP contribution in [0.2, 0.25) is 0 Å². The highest BCUT2D eigenvalue weighted by atomic mass is 32.2. The Kier molecular flexibility index (Phi) is 7.01. The number of hydrogen-bond acceptors (Lipinski definition) is 4. The maximum atomic E-state index is 13.2. The average molecular weight is 451 g/mol. The van der Waals surface area contributed by atoms with E-state index < -0.39 is 10.0 Å². The van der Waals surface area contributed by atoms with Crippen LogP contribution in [-0.2, 0) is 14.8 Å². The number of hydrogen-bond donors (Lipinski definition) is 2. The fourth-order valence-corrected chi connectivity index (χ4v) is 6.52. The highest BCUT2D eigenvalue weighted by Crippen LogP contribution is 2.26. The number of piperidine rings is 2. The van der Waals surface area contributed by atoms with E-state index in [2.05, 4.69) is 10.3 Å². The number of H-pyrrole nitrogens is 1. The van der Waals surface area contributed by atoms with Gasteiger partial charge in [-0.2, -0.15) is 4.31 Å². The van der Waals surface area contributed by atoms with Crippen molar-refractivity contribution in [3.63, 3.8) is 0 Å². The molecule has 0 radical (unpaired) electrons. The van der Waals surface area contributed by atoms with Gasteiger partial charge in [-0.05, 0) is 51.0 Å². The third-order valence-electron chi connectivity index (χ3n) is 6.87. The Balaban J connectivity index is 1.40. The summed E-state index contributed by atoms with van der Waals surface area (Å²) in [6, 6.07) is 1.67. The average Bonchev–Trinajstić information content (AvgIpc) is 3.31. The Hall–Kier alpha value is -1.87. The number of carbonyl (C=O) groups excluding carboxylic acids is 2. The first-order valence-corrected chi connectivity index (χ1v) is 13.2. The van der Waals surface area contributed by atoms with Gasteiger partial charge in [0, 0.05) is 38.4 Å². The first-order chi connectivity index (χ1) is 14.9. The van der Waals surface area contributed by atoms with Gasteiger partial charge in [-0.3, -0.25) is 9.59 Å². The Bertz CT molecular complexity index is 885. The van der Waals surface area contributed by atoms with Gasteiger partial charge in [-0.1, -0.05) is 19.3 Å². The molecule has 0 aromatic carbocycles. The minimum atomic E-state index is -3.75. The van der Waals surface area contributed by atoms with Crippen molar-refractivity contribution < 1.29 is 18.0 Å². The summed E-state index contributed by atoms with van der Waals surface area (Å²) in [5.74, 6) is -0.495. The minimum Gasteiger partial charge on any atom is -0.356 e. The van der Waals surface area contributed by atoms with E-state index in [4.69, 9.17) is 0 Å². The molecular formula is C22H34N4O4S. The van der Waals surface area contributed by atoms with E-state index >= 15 is 0 Å². The minimum absolute atomic E-state index is 0.0261. The topological polar surface area (TPSA) is 103 Å². The number of sulfonamides is 1. The summed E-state index contributed by atoms with van der Waals surface area (Å²) >= 11 is 0. The number of rotatable bonds is 5. The van der Waals surface area contributed by atoms with Crippen molar-refractivity contribution >= 4 is 21.8 Å². The highest BCUT2D eigenvalue weighted by molar-refractivity contribution is 7.89. The second-order valence-corrected chi connectivity index (χ2v) is 11.1. The molecule has 31 heavy (non-hydrogen) atoms. The maximum Gasteiger partial charge on any atom is 0.270 e. The van der Waals surface area contributed by atoms with Crippen molar-refractivity contribution in [2.24, 2.45) is 5.92 Å². The molecular weight excluding hydrogens is 416 g/mol. The van der Waals surface area contributed by atoms with E-state index in [9.17, 15) is 18.0 Å². The van der Waals surface area contributed by atoms with Crippen LogP contribution in [0.25, 0.3) is 0 Å². The van der Waals surface area contributed by atoms with E-state index in [1.165, 1.54) is 23.0 Å². The van der Waals surface area contributed by atoms with Crippen LogP contribution in [-0.4, -0.2) is 66.6 Å². The van der Waals surface area contributed by atoms with Gasteiger partial charge in [0.15, 0.2) is 0 Å². The van der Waals surface area contributed by atoms with E-state index in [0.29, 0.717) is 38.2 Å². The molecule has 2 aliphatic heterocycles. The molecule has 1 aromatic rings. The van der Waals surface area contributed by atoms with Gasteiger partial charge in [0.2, 0.25) is 15.9 Å². The van der Waals surface area contributed by atoms with Crippen LogP contribution in [0.5, 0.6) is 0 Å². The Labute approximate surface area is 184 Å². The smallest absolute Gasteiger partial charge is 0.270 e. The number of aromatic nitrogens is 1. The lowest BCUT2D eigenvalue weighted by atomic mass is 9.93. The first-order valence-electron chi connectivity index (χ1n) is 11.7. The monoisotopic (exact) mass is 450 g/mol. The zero-order valence-corrected chi connectivity index (χ0v) is 19.0. The zero-order chi connectivity index (χ0) is 21.8. The summed E-state index contributed by atoms with van der Waals surface area (Å²) in [4.78, 5) is 30.2. The fraction of sp³-hybridized carbons (Fsp3) is 0.727. The lowest BCUT2D eigenvalue weighted by Gasteiger charge is -2.32. The molecule has 172 valence electrons. The number of nitrogens with one attached hydrogen (secondary N) is 2. The van der Waals surface area contributed by atoms with Crippen LogP contribution in [0.3, 0.4) is 0 Å². The zero-order valence-electron chi connectivity index (χ0n) is 18.1. The largest absolute Gasteiger partial charge is 0.356 e. The van der Waals surface area contributed by atoms with Crippen molar-refractivity contribution in [2.45, 2.75) is 75.1 Å². The second-order valence-electron chi connectivity index (χ2n) is 9.15. The maximum absolute atomic E-state index is 13.2. The van der Waals surface area contributed by atoms with Gasteiger partial charge >= 0.3 is 0 Å². The Morgan fingerprint density at radius 2 is 1.65 bits per heavy atom. The number of likely N-dealkylation sites (tertiary alicyclic amines) is 1. The lowest BCUT2D eigenvalue weighted by molar-refractivity contribution is -0.127. The quantitative estimate of drug-likeness (QED) is 0.719. The van der Waals surface area contributed by atoms with Gasteiger partial charge in [0.1, 0.15) is 10.6 Å². The van der Waals surface area contributed by atoms with Crippen molar-refractivity contribution in [1.29, 1.82) is 0 Å². The molecule has 1 aromatic heterocycles. The second kappa shape index (κ2) is 9.73. The molecule has 8 nitrogen and oxygen atoms in total. The van der Waals surface area contributed by atoms with E-state index in [1.54, 1.807) is 4.90 Å². The third kappa shape index (κ3) is 5.14. The van der Waals surface area contributed by atoms with Crippen molar-refractivity contribution in [3.8, 4) is 0 Å². The fourth-order valence-electron chi connectivity index (χ4n) is 5.00. The molecule has 1 aliphatic carbocycles. The van der Waals surface area contributed by atoms with Gasteiger partial charge in [-0.25, -0.2) is 8.42 Å². The van der Waals surface area contributed by atoms with Gasteiger partial charge < -0.3 is 15.2 Å². The number of carbonyl (C=O) groups is 2.